The van der Waals surface area contributed by atoms with Gasteiger partial charge in [0.2, 0.25) is 0 Å². The molecule has 0 rings (SSSR count). The van der Waals surface area contributed by atoms with Crippen molar-refractivity contribution >= 4 is 5.97 Å². The average Bonchev–Trinajstić information content (AvgIpc) is 2.82. The molecule has 0 aromatic rings. The third-order valence-electron chi connectivity index (χ3n) is 7.27. The summed E-state index contributed by atoms with van der Waals surface area (Å²) >= 11 is 0. The zero-order valence-corrected chi connectivity index (χ0v) is 23.4. The second-order valence-electron chi connectivity index (χ2n) is 10.5. The predicted octanol–water partition coefficient (Wildman–Crippen LogP) is 9.23. The predicted molar refractivity (Wildman–Crippen MR) is 146 cm³/mol. The van der Waals surface area contributed by atoms with E-state index in [4.69, 9.17) is 4.74 Å². The molecule has 0 atom stereocenters. The molecular weight excluding hydrogens is 406 g/mol. The number of esters is 1. The fourth-order valence-corrected chi connectivity index (χ4v) is 4.86. The summed E-state index contributed by atoms with van der Waals surface area (Å²) in [4.78, 5) is 12.2. The minimum absolute atomic E-state index is 0.0256. The molecule has 0 bridgehead atoms. The second kappa shape index (κ2) is 24.6. The molecule has 0 radical (unpaired) electrons. The Balaban J connectivity index is 3.85. The zero-order chi connectivity index (χ0) is 24.5. The quantitative estimate of drug-likeness (QED) is 0.0718. The van der Waals surface area contributed by atoms with Crippen LogP contribution in [-0.4, -0.2) is 43.2 Å². The first kappa shape index (κ1) is 32.4. The van der Waals surface area contributed by atoms with Gasteiger partial charge in [-0.15, -0.1) is 0 Å². The molecule has 0 aliphatic carbocycles. The zero-order valence-electron chi connectivity index (χ0n) is 23.4. The van der Waals surface area contributed by atoms with Gasteiger partial charge in [0.1, 0.15) is 13.2 Å². The average molecular weight is 469 g/mol. The highest BCUT2D eigenvalue weighted by Gasteiger charge is 2.26. The van der Waals surface area contributed by atoms with Crippen molar-refractivity contribution in [2.24, 2.45) is 0 Å². The minimum atomic E-state index is 0.0256. The first-order valence-corrected chi connectivity index (χ1v) is 15.1. The van der Waals surface area contributed by atoms with E-state index in [9.17, 15) is 4.79 Å². The highest BCUT2D eigenvalue weighted by atomic mass is 16.5. The van der Waals surface area contributed by atoms with Crippen LogP contribution in [-0.2, 0) is 9.53 Å². The SMILES string of the molecule is CCCCCCCCCCCCCCCC(=O)OCC[N+](CCCC)(CCCC)CCCC. The van der Waals surface area contributed by atoms with Gasteiger partial charge >= 0.3 is 5.97 Å². The molecule has 3 nitrogen and oxygen atoms in total. The lowest BCUT2D eigenvalue weighted by atomic mass is 10.0. The normalized spacial score (nSPS) is 11.8. The third kappa shape index (κ3) is 20.5. The molecule has 0 saturated heterocycles. The largest absolute Gasteiger partial charge is 0.460 e. The van der Waals surface area contributed by atoms with E-state index in [0.717, 1.165) is 17.4 Å². The highest BCUT2D eigenvalue weighted by Crippen LogP contribution is 2.16. The van der Waals surface area contributed by atoms with Crippen LogP contribution < -0.4 is 0 Å². The number of ether oxygens (including phenoxy) is 1. The number of carbonyl (C=O) groups excluding carboxylic acids is 1. The van der Waals surface area contributed by atoms with Gasteiger partial charge in [0, 0.05) is 6.42 Å². The number of rotatable bonds is 26. The molecule has 0 aromatic heterocycles. The van der Waals surface area contributed by atoms with Gasteiger partial charge in [0.05, 0.1) is 19.6 Å². The van der Waals surface area contributed by atoms with Crippen LogP contribution in [0.1, 0.15) is 156 Å². The third-order valence-corrected chi connectivity index (χ3v) is 7.27. The number of quaternary nitrogens is 1. The summed E-state index contributed by atoms with van der Waals surface area (Å²) in [5.41, 5.74) is 0. The Morgan fingerprint density at radius 3 is 1.24 bits per heavy atom. The molecule has 0 fully saturated rings. The van der Waals surface area contributed by atoms with E-state index < -0.39 is 0 Å². The summed E-state index contributed by atoms with van der Waals surface area (Å²) in [5, 5.41) is 0. The van der Waals surface area contributed by atoms with Crippen molar-refractivity contribution in [2.75, 3.05) is 32.8 Å². The van der Waals surface area contributed by atoms with Crippen molar-refractivity contribution in [3.63, 3.8) is 0 Å². The van der Waals surface area contributed by atoms with Crippen LogP contribution in [0.15, 0.2) is 0 Å². The standard InChI is InChI=1S/C30H62NO2/c1-5-9-13-14-15-16-17-18-19-20-21-22-23-24-30(32)33-29-28-31(25-10-6-2,26-11-7-3)27-12-8-4/h5-29H2,1-4H3/q+1. The van der Waals surface area contributed by atoms with Crippen molar-refractivity contribution in [1.29, 1.82) is 0 Å². The van der Waals surface area contributed by atoms with Crippen molar-refractivity contribution < 1.29 is 14.0 Å². The number of carbonyl (C=O) groups is 1. The minimum Gasteiger partial charge on any atom is -0.460 e. The van der Waals surface area contributed by atoms with Gasteiger partial charge in [0.15, 0.2) is 0 Å². The van der Waals surface area contributed by atoms with E-state index in [1.165, 1.54) is 135 Å². The highest BCUT2D eigenvalue weighted by molar-refractivity contribution is 5.69. The van der Waals surface area contributed by atoms with Crippen molar-refractivity contribution in [2.45, 2.75) is 156 Å². The van der Waals surface area contributed by atoms with E-state index >= 15 is 0 Å². The van der Waals surface area contributed by atoms with Gasteiger partial charge in [0.25, 0.3) is 0 Å². The van der Waals surface area contributed by atoms with Crippen LogP contribution in [0.5, 0.6) is 0 Å². The Hall–Kier alpha value is -0.570. The molecule has 0 heterocycles. The molecule has 0 aliphatic rings. The van der Waals surface area contributed by atoms with Crippen LogP contribution in [0.25, 0.3) is 0 Å². The lowest BCUT2D eigenvalue weighted by Crippen LogP contribution is -2.52. The number of nitrogens with zero attached hydrogens (tertiary/aromatic N) is 1. The lowest BCUT2D eigenvalue weighted by molar-refractivity contribution is -0.929. The molecule has 0 amide bonds. The first-order valence-electron chi connectivity index (χ1n) is 15.1. The summed E-state index contributed by atoms with van der Waals surface area (Å²) in [5.74, 6) is 0.0256. The van der Waals surface area contributed by atoms with Gasteiger partial charge in [-0.1, -0.05) is 124 Å². The van der Waals surface area contributed by atoms with E-state index in [2.05, 4.69) is 27.7 Å². The van der Waals surface area contributed by atoms with Crippen LogP contribution in [0, 0.1) is 0 Å². The maximum absolute atomic E-state index is 12.2. The Morgan fingerprint density at radius 2 is 0.848 bits per heavy atom. The molecular formula is C30H62NO2+. The molecule has 198 valence electrons. The Labute approximate surface area is 209 Å². The smallest absolute Gasteiger partial charge is 0.305 e. The maximum Gasteiger partial charge on any atom is 0.305 e. The summed E-state index contributed by atoms with van der Waals surface area (Å²) in [6.45, 7) is 14.5. The van der Waals surface area contributed by atoms with Crippen molar-refractivity contribution in [3.8, 4) is 0 Å². The van der Waals surface area contributed by atoms with Gasteiger partial charge in [-0.05, 0) is 25.7 Å². The molecule has 0 unspecified atom stereocenters. The summed E-state index contributed by atoms with van der Waals surface area (Å²) in [6, 6.07) is 0. The molecule has 33 heavy (non-hydrogen) atoms. The second-order valence-corrected chi connectivity index (χ2v) is 10.5. The first-order chi connectivity index (χ1) is 16.1. The van der Waals surface area contributed by atoms with E-state index in [1.807, 2.05) is 0 Å². The molecule has 0 saturated carbocycles. The van der Waals surface area contributed by atoms with Crippen LogP contribution in [0.4, 0.5) is 0 Å². The maximum atomic E-state index is 12.2. The molecule has 3 heteroatoms. The summed E-state index contributed by atoms with van der Waals surface area (Å²) in [6.07, 6.45) is 25.6. The van der Waals surface area contributed by atoms with Gasteiger partial charge in [-0.3, -0.25) is 4.79 Å². The van der Waals surface area contributed by atoms with Crippen LogP contribution in [0.2, 0.25) is 0 Å². The van der Waals surface area contributed by atoms with E-state index in [1.54, 1.807) is 0 Å². The Bertz CT molecular complexity index is 388. The van der Waals surface area contributed by atoms with E-state index in [-0.39, 0.29) is 5.97 Å². The molecule has 0 N–H and O–H groups in total. The Morgan fingerprint density at radius 1 is 0.485 bits per heavy atom. The van der Waals surface area contributed by atoms with Crippen molar-refractivity contribution in [3.05, 3.63) is 0 Å². The topological polar surface area (TPSA) is 26.3 Å². The Kier molecular flexibility index (Phi) is 24.1. The van der Waals surface area contributed by atoms with Gasteiger partial charge in [-0.2, -0.15) is 0 Å². The molecule has 0 aliphatic heterocycles. The molecule has 0 spiro atoms. The lowest BCUT2D eigenvalue weighted by Gasteiger charge is -2.39. The fourth-order valence-electron chi connectivity index (χ4n) is 4.86. The van der Waals surface area contributed by atoms with Crippen LogP contribution in [0.3, 0.4) is 0 Å². The van der Waals surface area contributed by atoms with Gasteiger partial charge < -0.3 is 9.22 Å². The fraction of sp³-hybridized carbons (Fsp3) is 0.967. The molecule has 0 aromatic carbocycles. The summed E-state index contributed by atoms with van der Waals surface area (Å²) in [7, 11) is 0. The van der Waals surface area contributed by atoms with E-state index in [0.29, 0.717) is 13.0 Å². The number of unbranched alkanes of at least 4 members (excludes halogenated alkanes) is 15. The number of hydrogen-bond donors (Lipinski definition) is 0. The monoisotopic (exact) mass is 468 g/mol. The summed E-state index contributed by atoms with van der Waals surface area (Å²) < 4.78 is 6.84. The van der Waals surface area contributed by atoms with Gasteiger partial charge in [-0.25, -0.2) is 0 Å². The number of hydrogen-bond acceptors (Lipinski definition) is 2. The van der Waals surface area contributed by atoms with Crippen molar-refractivity contribution in [1.82, 2.24) is 0 Å². The van der Waals surface area contributed by atoms with Crippen LogP contribution >= 0.6 is 0 Å².